The molecule has 0 aliphatic carbocycles. The SMILES string of the molecule is CCCCCNC(=N)c1n[c]cs1. The molecule has 1 heterocycles. The second kappa shape index (κ2) is 5.70. The van der Waals surface area contributed by atoms with Gasteiger partial charge in [-0.05, 0) is 6.42 Å². The van der Waals surface area contributed by atoms with Crippen molar-refractivity contribution in [1.29, 1.82) is 5.41 Å². The van der Waals surface area contributed by atoms with E-state index in [1.165, 1.54) is 24.2 Å². The molecular formula is C9H14N3S. The van der Waals surface area contributed by atoms with Gasteiger partial charge in [0.1, 0.15) is 6.20 Å². The van der Waals surface area contributed by atoms with Crippen molar-refractivity contribution in [2.24, 2.45) is 0 Å². The van der Waals surface area contributed by atoms with Crippen LogP contribution in [-0.4, -0.2) is 17.4 Å². The molecule has 0 bridgehead atoms. The van der Waals surface area contributed by atoms with Crippen LogP contribution in [0.3, 0.4) is 0 Å². The number of hydrogen-bond donors (Lipinski definition) is 2. The van der Waals surface area contributed by atoms with Gasteiger partial charge >= 0.3 is 0 Å². The van der Waals surface area contributed by atoms with E-state index in [9.17, 15) is 0 Å². The van der Waals surface area contributed by atoms with Crippen LogP contribution in [0.1, 0.15) is 31.2 Å². The van der Waals surface area contributed by atoms with Gasteiger partial charge in [0.05, 0.1) is 0 Å². The molecule has 0 saturated carbocycles. The van der Waals surface area contributed by atoms with E-state index >= 15 is 0 Å². The molecule has 0 fully saturated rings. The Labute approximate surface area is 82.7 Å². The minimum Gasteiger partial charge on any atom is -0.368 e. The Bertz CT molecular complexity index is 243. The van der Waals surface area contributed by atoms with Crippen molar-refractivity contribution in [2.45, 2.75) is 26.2 Å². The lowest BCUT2D eigenvalue weighted by Gasteiger charge is -2.03. The summed E-state index contributed by atoms with van der Waals surface area (Å²) in [4.78, 5) is 3.92. The van der Waals surface area contributed by atoms with Crippen molar-refractivity contribution in [3.8, 4) is 0 Å². The van der Waals surface area contributed by atoms with Crippen molar-refractivity contribution < 1.29 is 0 Å². The smallest absolute Gasteiger partial charge is 0.158 e. The van der Waals surface area contributed by atoms with E-state index in [0.29, 0.717) is 5.84 Å². The Kier molecular flexibility index (Phi) is 4.46. The van der Waals surface area contributed by atoms with E-state index in [1.54, 1.807) is 5.38 Å². The van der Waals surface area contributed by atoms with E-state index in [0.717, 1.165) is 18.0 Å². The van der Waals surface area contributed by atoms with Gasteiger partial charge in [-0.2, -0.15) is 0 Å². The summed E-state index contributed by atoms with van der Waals surface area (Å²) >= 11 is 1.44. The van der Waals surface area contributed by atoms with Crippen molar-refractivity contribution in [3.63, 3.8) is 0 Å². The molecule has 4 heteroatoms. The number of unbranched alkanes of at least 4 members (excludes halogenated alkanes) is 2. The Morgan fingerprint density at radius 1 is 1.69 bits per heavy atom. The van der Waals surface area contributed by atoms with Crippen LogP contribution in [0.5, 0.6) is 0 Å². The van der Waals surface area contributed by atoms with Crippen LogP contribution < -0.4 is 5.32 Å². The largest absolute Gasteiger partial charge is 0.368 e. The van der Waals surface area contributed by atoms with E-state index in [-0.39, 0.29) is 0 Å². The predicted octanol–water partition coefficient (Wildman–Crippen LogP) is 2.05. The fourth-order valence-electron chi connectivity index (χ4n) is 0.972. The third kappa shape index (κ3) is 3.55. The van der Waals surface area contributed by atoms with Gasteiger partial charge in [0.2, 0.25) is 0 Å². The summed E-state index contributed by atoms with van der Waals surface area (Å²) in [5, 5.41) is 13.1. The van der Waals surface area contributed by atoms with Gasteiger partial charge in [0.25, 0.3) is 0 Å². The van der Waals surface area contributed by atoms with Gasteiger partial charge in [-0.25, -0.2) is 4.98 Å². The standard InChI is InChI=1S/C9H14N3S/c1-2-3-4-5-11-8(10)9-12-6-7-13-9/h7H,2-5H2,1H3,(H2,10,11). The molecule has 0 aliphatic heterocycles. The van der Waals surface area contributed by atoms with Crippen LogP contribution in [0, 0.1) is 11.6 Å². The van der Waals surface area contributed by atoms with Gasteiger partial charge in [0, 0.05) is 11.9 Å². The molecule has 0 atom stereocenters. The lowest BCUT2D eigenvalue weighted by atomic mass is 10.2. The highest BCUT2D eigenvalue weighted by atomic mass is 32.1. The Hall–Kier alpha value is -0.900. The minimum atomic E-state index is 0.419. The number of aromatic nitrogens is 1. The summed E-state index contributed by atoms with van der Waals surface area (Å²) in [5.41, 5.74) is 0. The van der Waals surface area contributed by atoms with Crippen LogP contribution in [0.2, 0.25) is 0 Å². The van der Waals surface area contributed by atoms with Gasteiger partial charge < -0.3 is 5.32 Å². The highest BCUT2D eigenvalue weighted by Crippen LogP contribution is 2.02. The highest BCUT2D eigenvalue weighted by molar-refractivity contribution is 7.11. The van der Waals surface area contributed by atoms with Gasteiger partial charge in [0.15, 0.2) is 10.8 Å². The first-order valence-electron chi connectivity index (χ1n) is 4.49. The molecule has 1 rings (SSSR count). The molecule has 0 aromatic carbocycles. The fourth-order valence-corrected chi connectivity index (χ4v) is 1.48. The first-order valence-corrected chi connectivity index (χ1v) is 5.37. The molecule has 1 radical (unpaired) electrons. The molecule has 0 amide bonds. The van der Waals surface area contributed by atoms with Crippen molar-refractivity contribution in [2.75, 3.05) is 6.54 Å². The van der Waals surface area contributed by atoms with Crippen molar-refractivity contribution in [1.82, 2.24) is 10.3 Å². The highest BCUT2D eigenvalue weighted by Gasteiger charge is 2.01. The van der Waals surface area contributed by atoms with Crippen LogP contribution in [0.4, 0.5) is 0 Å². The first kappa shape index (κ1) is 10.2. The molecule has 0 spiro atoms. The van der Waals surface area contributed by atoms with Gasteiger partial charge in [-0.1, -0.05) is 19.8 Å². The van der Waals surface area contributed by atoms with Crippen LogP contribution in [-0.2, 0) is 0 Å². The molecule has 0 aliphatic rings. The molecule has 1 aromatic heterocycles. The third-order valence-electron chi connectivity index (χ3n) is 1.69. The van der Waals surface area contributed by atoms with Crippen molar-refractivity contribution in [3.05, 3.63) is 16.6 Å². The monoisotopic (exact) mass is 196 g/mol. The Balaban J connectivity index is 2.19. The number of thiazole rings is 1. The van der Waals surface area contributed by atoms with E-state index < -0.39 is 0 Å². The zero-order valence-electron chi connectivity index (χ0n) is 7.76. The molecule has 3 nitrogen and oxygen atoms in total. The summed E-state index contributed by atoms with van der Waals surface area (Å²) in [6, 6.07) is 0. The zero-order chi connectivity index (χ0) is 9.52. The van der Waals surface area contributed by atoms with Crippen LogP contribution >= 0.6 is 11.3 Å². The summed E-state index contributed by atoms with van der Waals surface area (Å²) < 4.78 is 0. The quantitative estimate of drug-likeness (QED) is 0.430. The molecule has 71 valence electrons. The summed E-state index contributed by atoms with van der Waals surface area (Å²) in [7, 11) is 0. The first-order chi connectivity index (χ1) is 6.34. The minimum absolute atomic E-state index is 0.419. The molecular weight excluding hydrogens is 182 g/mol. The molecule has 0 unspecified atom stereocenters. The van der Waals surface area contributed by atoms with Gasteiger partial charge in [-0.15, -0.1) is 11.3 Å². The number of rotatable bonds is 5. The maximum atomic E-state index is 7.60. The fraction of sp³-hybridized carbons (Fsp3) is 0.556. The summed E-state index contributed by atoms with van der Waals surface area (Å²) in [6.07, 6.45) is 6.24. The molecule has 2 N–H and O–H groups in total. The average Bonchev–Trinajstić information content (AvgIpc) is 2.65. The predicted molar refractivity (Wildman–Crippen MR) is 55.3 cm³/mol. The zero-order valence-corrected chi connectivity index (χ0v) is 8.58. The lowest BCUT2D eigenvalue weighted by molar-refractivity contribution is 0.694. The summed E-state index contributed by atoms with van der Waals surface area (Å²) in [6.45, 7) is 3.04. The molecule has 1 aromatic rings. The maximum Gasteiger partial charge on any atom is 0.158 e. The maximum absolute atomic E-state index is 7.60. The van der Waals surface area contributed by atoms with Crippen LogP contribution in [0.25, 0.3) is 0 Å². The second-order valence-electron chi connectivity index (χ2n) is 2.79. The van der Waals surface area contributed by atoms with Crippen LogP contribution in [0.15, 0.2) is 5.38 Å². The topological polar surface area (TPSA) is 48.8 Å². The normalized spacial score (nSPS) is 9.92. The van der Waals surface area contributed by atoms with E-state index in [1.807, 2.05) is 0 Å². The lowest BCUT2D eigenvalue weighted by Crippen LogP contribution is -2.24. The number of amidine groups is 1. The number of hydrogen-bond acceptors (Lipinski definition) is 3. The molecule has 13 heavy (non-hydrogen) atoms. The molecule has 0 saturated heterocycles. The van der Waals surface area contributed by atoms with Gasteiger partial charge in [-0.3, -0.25) is 5.41 Å². The Morgan fingerprint density at radius 3 is 3.15 bits per heavy atom. The van der Waals surface area contributed by atoms with E-state index in [4.69, 9.17) is 5.41 Å². The Morgan fingerprint density at radius 2 is 2.54 bits per heavy atom. The van der Waals surface area contributed by atoms with Crippen molar-refractivity contribution >= 4 is 17.2 Å². The van der Waals surface area contributed by atoms with E-state index in [2.05, 4.69) is 23.4 Å². The number of nitrogens with zero attached hydrogens (tertiary/aromatic N) is 1. The third-order valence-corrected chi connectivity index (χ3v) is 2.43. The second-order valence-corrected chi connectivity index (χ2v) is 3.65. The summed E-state index contributed by atoms with van der Waals surface area (Å²) in [5.74, 6) is 0.419. The number of nitrogens with one attached hydrogen (secondary N) is 2. The average molecular weight is 196 g/mol.